The first-order valence-corrected chi connectivity index (χ1v) is 8.88. The van der Waals surface area contributed by atoms with Crippen molar-refractivity contribution in [2.45, 2.75) is 64.0 Å². The van der Waals surface area contributed by atoms with E-state index in [2.05, 4.69) is 15.5 Å². The Labute approximate surface area is 142 Å². The zero-order valence-corrected chi connectivity index (χ0v) is 14.3. The number of aromatic nitrogens is 2. The molecule has 0 aromatic carbocycles. The van der Waals surface area contributed by atoms with E-state index in [4.69, 9.17) is 4.74 Å². The quantitative estimate of drug-likeness (QED) is 0.827. The SMILES string of the molecule is COC(=O)N1CCCC[C@@H]1C(=O)NCc1n[nH]c2c1CCCCC2. The third kappa shape index (κ3) is 3.55. The van der Waals surface area contributed by atoms with Crippen LogP contribution in [0, 0.1) is 0 Å². The van der Waals surface area contributed by atoms with Crippen molar-refractivity contribution in [1.29, 1.82) is 0 Å². The Morgan fingerprint density at radius 1 is 1.25 bits per heavy atom. The molecule has 1 aliphatic carbocycles. The molecule has 0 bridgehead atoms. The number of carbonyl (C=O) groups excluding carboxylic acids is 2. The van der Waals surface area contributed by atoms with Gasteiger partial charge in [0, 0.05) is 12.2 Å². The average Bonchev–Trinajstić information content (AvgIpc) is 2.85. The van der Waals surface area contributed by atoms with Crippen LogP contribution in [0.4, 0.5) is 4.79 Å². The number of piperidine rings is 1. The topological polar surface area (TPSA) is 87.3 Å². The summed E-state index contributed by atoms with van der Waals surface area (Å²) in [5.41, 5.74) is 3.41. The molecule has 1 aromatic rings. The van der Waals surface area contributed by atoms with Gasteiger partial charge in [0.25, 0.3) is 0 Å². The number of carbonyl (C=O) groups is 2. The summed E-state index contributed by atoms with van der Waals surface area (Å²) in [6.07, 6.45) is 7.77. The molecule has 1 saturated heterocycles. The zero-order valence-electron chi connectivity index (χ0n) is 14.3. The molecule has 0 unspecified atom stereocenters. The van der Waals surface area contributed by atoms with Crippen LogP contribution in [0.3, 0.4) is 0 Å². The Bertz CT molecular complexity index is 599. The average molecular weight is 334 g/mol. The number of aromatic amines is 1. The van der Waals surface area contributed by atoms with Gasteiger partial charge in [0.15, 0.2) is 0 Å². The Morgan fingerprint density at radius 3 is 2.92 bits per heavy atom. The lowest BCUT2D eigenvalue weighted by Gasteiger charge is -2.33. The third-order valence-corrected chi connectivity index (χ3v) is 5.04. The minimum Gasteiger partial charge on any atom is -0.453 e. The van der Waals surface area contributed by atoms with Gasteiger partial charge in [0.1, 0.15) is 6.04 Å². The van der Waals surface area contributed by atoms with Crippen LogP contribution >= 0.6 is 0 Å². The van der Waals surface area contributed by atoms with Crippen LogP contribution in [-0.4, -0.2) is 46.8 Å². The van der Waals surface area contributed by atoms with E-state index in [0.717, 1.165) is 31.4 Å². The first-order chi connectivity index (χ1) is 11.7. The van der Waals surface area contributed by atoms with Gasteiger partial charge in [0.2, 0.25) is 5.91 Å². The lowest BCUT2D eigenvalue weighted by atomic mass is 10.0. The highest BCUT2D eigenvalue weighted by atomic mass is 16.5. The number of rotatable bonds is 3. The van der Waals surface area contributed by atoms with E-state index >= 15 is 0 Å². The zero-order chi connectivity index (χ0) is 16.9. The summed E-state index contributed by atoms with van der Waals surface area (Å²) in [5, 5.41) is 10.5. The number of aryl methyl sites for hydroxylation is 1. The minimum absolute atomic E-state index is 0.120. The van der Waals surface area contributed by atoms with Crippen molar-refractivity contribution in [1.82, 2.24) is 20.4 Å². The minimum atomic E-state index is -0.441. The highest BCUT2D eigenvalue weighted by molar-refractivity contribution is 5.85. The van der Waals surface area contributed by atoms with Crippen molar-refractivity contribution in [3.05, 3.63) is 17.0 Å². The molecule has 7 heteroatoms. The summed E-state index contributed by atoms with van der Waals surface area (Å²) in [6.45, 7) is 0.985. The molecule has 2 N–H and O–H groups in total. The van der Waals surface area contributed by atoms with E-state index in [0.29, 0.717) is 19.5 Å². The third-order valence-electron chi connectivity index (χ3n) is 5.04. The largest absolute Gasteiger partial charge is 0.453 e. The standard InChI is InChI=1S/C17H26N4O3/c1-24-17(23)21-10-6-5-9-15(21)16(22)18-11-14-12-7-3-2-4-8-13(12)19-20-14/h15H,2-11H2,1H3,(H,18,22)(H,19,20)/t15-/m1/s1. The fourth-order valence-electron chi connectivity index (χ4n) is 3.70. The van der Waals surface area contributed by atoms with Crippen LogP contribution in [0.15, 0.2) is 0 Å². The molecule has 1 aliphatic heterocycles. The molecule has 2 aliphatic rings. The van der Waals surface area contributed by atoms with E-state index in [-0.39, 0.29) is 5.91 Å². The maximum Gasteiger partial charge on any atom is 0.410 e. The number of nitrogens with zero attached hydrogens (tertiary/aromatic N) is 2. The van der Waals surface area contributed by atoms with Gasteiger partial charge in [-0.15, -0.1) is 0 Å². The van der Waals surface area contributed by atoms with E-state index in [9.17, 15) is 9.59 Å². The van der Waals surface area contributed by atoms with Gasteiger partial charge in [-0.3, -0.25) is 14.8 Å². The monoisotopic (exact) mass is 334 g/mol. The molecular formula is C17H26N4O3. The molecule has 0 saturated carbocycles. The lowest BCUT2D eigenvalue weighted by molar-refractivity contribution is -0.127. The molecule has 3 rings (SSSR count). The smallest absolute Gasteiger partial charge is 0.410 e. The molecule has 7 nitrogen and oxygen atoms in total. The van der Waals surface area contributed by atoms with Crippen LogP contribution in [0.25, 0.3) is 0 Å². The van der Waals surface area contributed by atoms with Gasteiger partial charge in [-0.05, 0) is 50.5 Å². The van der Waals surface area contributed by atoms with Crippen LogP contribution in [0.5, 0.6) is 0 Å². The lowest BCUT2D eigenvalue weighted by Crippen LogP contribution is -2.51. The van der Waals surface area contributed by atoms with Crippen molar-refractivity contribution < 1.29 is 14.3 Å². The van der Waals surface area contributed by atoms with Crippen LogP contribution in [0.1, 0.15) is 55.5 Å². The Balaban J connectivity index is 1.62. The van der Waals surface area contributed by atoms with E-state index < -0.39 is 12.1 Å². The molecule has 132 valence electrons. The van der Waals surface area contributed by atoms with Crippen molar-refractivity contribution >= 4 is 12.0 Å². The fraction of sp³-hybridized carbons (Fsp3) is 0.706. The second kappa shape index (κ2) is 7.68. The van der Waals surface area contributed by atoms with Gasteiger partial charge in [-0.1, -0.05) is 6.42 Å². The normalized spacial score (nSPS) is 20.9. The summed E-state index contributed by atoms with van der Waals surface area (Å²) in [4.78, 5) is 25.9. The summed E-state index contributed by atoms with van der Waals surface area (Å²) in [5.74, 6) is -0.120. The van der Waals surface area contributed by atoms with E-state index in [1.165, 1.54) is 42.5 Å². The Kier molecular flexibility index (Phi) is 5.37. The summed E-state index contributed by atoms with van der Waals surface area (Å²) in [7, 11) is 1.35. The van der Waals surface area contributed by atoms with Crippen molar-refractivity contribution in [3.63, 3.8) is 0 Å². The summed E-state index contributed by atoms with van der Waals surface area (Å²) < 4.78 is 4.80. The van der Waals surface area contributed by atoms with Gasteiger partial charge >= 0.3 is 6.09 Å². The second-order valence-electron chi connectivity index (χ2n) is 6.58. The van der Waals surface area contributed by atoms with Gasteiger partial charge in [0.05, 0.1) is 19.3 Å². The Hall–Kier alpha value is -2.05. The number of H-pyrrole nitrogens is 1. The highest BCUT2D eigenvalue weighted by Crippen LogP contribution is 2.22. The van der Waals surface area contributed by atoms with Gasteiger partial charge < -0.3 is 10.1 Å². The van der Waals surface area contributed by atoms with Crippen LogP contribution < -0.4 is 5.32 Å². The molecular weight excluding hydrogens is 308 g/mol. The second-order valence-corrected chi connectivity index (χ2v) is 6.58. The summed E-state index contributed by atoms with van der Waals surface area (Å²) in [6, 6.07) is -0.441. The van der Waals surface area contributed by atoms with Crippen molar-refractivity contribution in [2.75, 3.05) is 13.7 Å². The Morgan fingerprint density at radius 2 is 2.08 bits per heavy atom. The van der Waals surface area contributed by atoms with Crippen LogP contribution in [0.2, 0.25) is 0 Å². The number of likely N-dealkylation sites (tertiary alicyclic amines) is 1. The van der Waals surface area contributed by atoms with Gasteiger partial charge in [-0.25, -0.2) is 4.79 Å². The van der Waals surface area contributed by atoms with Crippen LogP contribution in [-0.2, 0) is 28.9 Å². The molecule has 1 fully saturated rings. The van der Waals surface area contributed by atoms with E-state index in [1.807, 2.05) is 0 Å². The fourth-order valence-corrected chi connectivity index (χ4v) is 3.70. The molecule has 2 amide bonds. The van der Waals surface area contributed by atoms with E-state index in [1.54, 1.807) is 0 Å². The van der Waals surface area contributed by atoms with Crippen molar-refractivity contribution in [3.8, 4) is 0 Å². The first-order valence-electron chi connectivity index (χ1n) is 8.88. The molecule has 0 radical (unpaired) electrons. The van der Waals surface area contributed by atoms with Gasteiger partial charge in [-0.2, -0.15) is 5.10 Å². The number of hydrogen-bond donors (Lipinski definition) is 2. The number of fused-ring (bicyclic) bond motifs is 1. The number of methoxy groups -OCH3 is 1. The number of ether oxygens (including phenoxy) is 1. The predicted octanol–water partition coefficient (Wildman–Crippen LogP) is 1.92. The molecule has 1 atom stereocenters. The number of nitrogens with one attached hydrogen (secondary N) is 2. The predicted molar refractivity (Wildman–Crippen MR) is 88.4 cm³/mol. The first kappa shape index (κ1) is 16.8. The number of hydrogen-bond acceptors (Lipinski definition) is 4. The molecule has 0 spiro atoms. The number of amides is 2. The molecule has 1 aromatic heterocycles. The summed E-state index contributed by atoms with van der Waals surface area (Å²) >= 11 is 0. The molecule has 24 heavy (non-hydrogen) atoms. The highest BCUT2D eigenvalue weighted by Gasteiger charge is 2.32. The molecule has 2 heterocycles. The van der Waals surface area contributed by atoms with Crippen molar-refractivity contribution in [2.24, 2.45) is 0 Å². The maximum atomic E-state index is 12.6. The maximum absolute atomic E-state index is 12.6.